The Morgan fingerprint density at radius 2 is 1.95 bits per heavy atom. The summed E-state index contributed by atoms with van der Waals surface area (Å²) in [6, 6.07) is 2.73. The third-order valence-corrected chi connectivity index (χ3v) is 4.87. The Labute approximate surface area is 123 Å². The molecule has 0 aliphatic heterocycles. The van der Waals surface area contributed by atoms with E-state index in [-0.39, 0.29) is 21.5 Å². The van der Waals surface area contributed by atoms with Gasteiger partial charge in [0.05, 0.1) is 11.6 Å². The number of hydrogen-bond acceptors (Lipinski definition) is 3. The quantitative estimate of drug-likeness (QED) is 0.757. The molecule has 0 aliphatic rings. The van der Waals surface area contributed by atoms with Gasteiger partial charge in [-0.15, -0.1) is 0 Å². The predicted molar refractivity (Wildman–Crippen MR) is 77.1 cm³/mol. The van der Waals surface area contributed by atoms with E-state index in [9.17, 15) is 8.42 Å². The lowest BCUT2D eigenvalue weighted by molar-refractivity contribution is 0.281. The van der Waals surface area contributed by atoms with E-state index in [2.05, 4.69) is 4.72 Å². The molecule has 0 bridgehead atoms. The van der Waals surface area contributed by atoms with Crippen molar-refractivity contribution in [1.29, 1.82) is 0 Å². The molecule has 4 nitrogen and oxygen atoms in total. The summed E-state index contributed by atoms with van der Waals surface area (Å²) >= 11 is 11.8. The molecule has 0 amide bonds. The number of unbranched alkanes of at least 4 members (excludes halogenated alkanes) is 2. The van der Waals surface area contributed by atoms with Crippen molar-refractivity contribution in [2.45, 2.75) is 37.7 Å². The Morgan fingerprint density at radius 3 is 2.53 bits per heavy atom. The molecule has 0 aromatic heterocycles. The van der Waals surface area contributed by atoms with Crippen molar-refractivity contribution in [1.82, 2.24) is 4.72 Å². The SMILES string of the molecule is CCCCCNS(=O)(=O)c1cc(Cl)cc(CO)c1Cl. The summed E-state index contributed by atoms with van der Waals surface area (Å²) in [5.74, 6) is 0. The Balaban J connectivity index is 2.98. The molecule has 0 saturated heterocycles. The molecular weight excluding hydrogens is 309 g/mol. The highest BCUT2D eigenvalue weighted by molar-refractivity contribution is 7.89. The molecule has 7 heteroatoms. The van der Waals surface area contributed by atoms with E-state index in [1.165, 1.54) is 12.1 Å². The fourth-order valence-electron chi connectivity index (χ4n) is 1.59. The van der Waals surface area contributed by atoms with Gasteiger partial charge < -0.3 is 5.11 Å². The Morgan fingerprint density at radius 1 is 1.26 bits per heavy atom. The molecule has 19 heavy (non-hydrogen) atoms. The number of hydrogen-bond donors (Lipinski definition) is 2. The van der Waals surface area contributed by atoms with Crippen LogP contribution in [-0.2, 0) is 16.6 Å². The lowest BCUT2D eigenvalue weighted by Crippen LogP contribution is -2.25. The van der Waals surface area contributed by atoms with Crippen LogP contribution in [0, 0.1) is 0 Å². The van der Waals surface area contributed by atoms with Crippen LogP contribution in [0.2, 0.25) is 10.0 Å². The molecule has 0 spiro atoms. The number of sulfonamides is 1. The standard InChI is InChI=1S/C12H17Cl2NO3S/c1-2-3-4-5-15-19(17,18)11-7-10(13)6-9(8-16)12(11)14/h6-7,15-16H,2-5,8H2,1H3. The van der Waals surface area contributed by atoms with Gasteiger partial charge in [0, 0.05) is 11.6 Å². The fourth-order valence-corrected chi connectivity index (χ4v) is 3.58. The van der Waals surface area contributed by atoms with Crippen LogP contribution < -0.4 is 4.72 Å². The fraction of sp³-hybridized carbons (Fsp3) is 0.500. The van der Waals surface area contributed by atoms with Gasteiger partial charge >= 0.3 is 0 Å². The molecule has 0 atom stereocenters. The number of aliphatic hydroxyl groups is 1. The zero-order valence-electron chi connectivity index (χ0n) is 10.6. The van der Waals surface area contributed by atoms with Gasteiger partial charge in [0.15, 0.2) is 0 Å². The second-order valence-corrected chi connectivity index (χ2v) is 6.69. The third kappa shape index (κ3) is 4.61. The Bertz CT molecular complexity index is 532. The first-order valence-corrected chi connectivity index (χ1v) is 8.24. The van der Waals surface area contributed by atoms with E-state index in [0.29, 0.717) is 12.1 Å². The normalized spacial score (nSPS) is 11.8. The van der Waals surface area contributed by atoms with Crippen LogP contribution in [0.1, 0.15) is 31.7 Å². The number of nitrogens with one attached hydrogen (secondary N) is 1. The minimum absolute atomic E-state index is 0.00916. The van der Waals surface area contributed by atoms with Crippen molar-refractivity contribution >= 4 is 33.2 Å². The van der Waals surface area contributed by atoms with E-state index in [1.54, 1.807) is 0 Å². The maximum Gasteiger partial charge on any atom is 0.242 e. The van der Waals surface area contributed by atoms with Crippen LogP contribution in [-0.4, -0.2) is 20.1 Å². The molecule has 0 unspecified atom stereocenters. The van der Waals surface area contributed by atoms with Crippen LogP contribution in [0.15, 0.2) is 17.0 Å². The summed E-state index contributed by atoms with van der Waals surface area (Å²) in [4.78, 5) is -0.0952. The summed E-state index contributed by atoms with van der Waals surface area (Å²) in [6.45, 7) is 2.03. The van der Waals surface area contributed by atoms with Gasteiger partial charge in [0.1, 0.15) is 4.90 Å². The molecule has 2 N–H and O–H groups in total. The van der Waals surface area contributed by atoms with Crippen LogP contribution in [0.5, 0.6) is 0 Å². The first-order chi connectivity index (χ1) is 8.92. The maximum atomic E-state index is 12.1. The van der Waals surface area contributed by atoms with E-state index in [1.807, 2.05) is 6.92 Å². The van der Waals surface area contributed by atoms with Crippen molar-refractivity contribution < 1.29 is 13.5 Å². The summed E-state index contributed by atoms with van der Waals surface area (Å²) < 4.78 is 26.7. The number of rotatable bonds is 7. The predicted octanol–water partition coefficient (Wildman–Crippen LogP) is 2.95. The second-order valence-electron chi connectivity index (χ2n) is 4.14. The van der Waals surface area contributed by atoms with Crippen LogP contribution >= 0.6 is 23.2 Å². The molecule has 1 rings (SSSR count). The van der Waals surface area contributed by atoms with Crippen molar-refractivity contribution in [3.63, 3.8) is 0 Å². The minimum atomic E-state index is -3.70. The first-order valence-electron chi connectivity index (χ1n) is 6.00. The summed E-state index contributed by atoms with van der Waals surface area (Å²) in [5.41, 5.74) is 0.295. The topological polar surface area (TPSA) is 66.4 Å². The van der Waals surface area contributed by atoms with Crippen molar-refractivity contribution in [2.75, 3.05) is 6.54 Å². The van der Waals surface area contributed by atoms with Crippen molar-refractivity contribution in [2.24, 2.45) is 0 Å². The Hall–Kier alpha value is -0.330. The smallest absolute Gasteiger partial charge is 0.242 e. The van der Waals surface area contributed by atoms with Crippen molar-refractivity contribution in [3.8, 4) is 0 Å². The van der Waals surface area contributed by atoms with Gasteiger partial charge in [-0.2, -0.15) is 0 Å². The third-order valence-electron chi connectivity index (χ3n) is 2.61. The highest BCUT2D eigenvalue weighted by Gasteiger charge is 2.20. The molecule has 0 aliphatic carbocycles. The summed E-state index contributed by atoms with van der Waals surface area (Å²) in [6.07, 6.45) is 2.72. The molecule has 1 aromatic rings. The van der Waals surface area contributed by atoms with E-state index in [0.717, 1.165) is 19.3 Å². The maximum absolute atomic E-state index is 12.1. The van der Waals surface area contributed by atoms with Gasteiger partial charge in [-0.1, -0.05) is 43.0 Å². The number of aliphatic hydroxyl groups excluding tert-OH is 1. The zero-order valence-corrected chi connectivity index (χ0v) is 12.9. The molecule has 1 aromatic carbocycles. The summed E-state index contributed by atoms with van der Waals surface area (Å²) in [5, 5.41) is 9.35. The van der Waals surface area contributed by atoms with Crippen LogP contribution in [0.25, 0.3) is 0 Å². The molecule has 0 radical (unpaired) electrons. The van der Waals surface area contributed by atoms with Gasteiger partial charge in [-0.3, -0.25) is 0 Å². The van der Waals surface area contributed by atoms with Gasteiger partial charge in [0.2, 0.25) is 10.0 Å². The highest BCUT2D eigenvalue weighted by atomic mass is 35.5. The van der Waals surface area contributed by atoms with E-state index in [4.69, 9.17) is 28.3 Å². The van der Waals surface area contributed by atoms with Crippen LogP contribution in [0.4, 0.5) is 0 Å². The monoisotopic (exact) mass is 325 g/mol. The molecular formula is C12H17Cl2NO3S. The van der Waals surface area contributed by atoms with E-state index >= 15 is 0 Å². The molecule has 0 fully saturated rings. The van der Waals surface area contributed by atoms with Gasteiger partial charge in [0.25, 0.3) is 0 Å². The molecule has 108 valence electrons. The molecule has 0 heterocycles. The average Bonchev–Trinajstić information content (AvgIpc) is 2.37. The lowest BCUT2D eigenvalue weighted by Gasteiger charge is -2.11. The zero-order chi connectivity index (χ0) is 14.5. The number of halogens is 2. The Kier molecular flexibility index (Phi) is 6.56. The summed E-state index contributed by atoms with van der Waals surface area (Å²) in [7, 11) is -3.70. The van der Waals surface area contributed by atoms with Gasteiger partial charge in [-0.05, 0) is 24.1 Å². The van der Waals surface area contributed by atoms with Crippen LogP contribution in [0.3, 0.4) is 0 Å². The number of benzene rings is 1. The highest BCUT2D eigenvalue weighted by Crippen LogP contribution is 2.29. The minimum Gasteiger partial charge on any atom is -0.392 e. The first kappa shape index (κ1) is 16.7. The largest absolute Gasteiger partial charge is 0.392 e. The van der Waals surface area contributed by atoms with Gasteiger partial charge in [-0.25, -0.2) is 13.1 Å². The van der Waals surface area contributed by atoms with E-state index < -0.39 is 10.0 Å². The average molecular weight is 326 g/mol. The lowest BCUT2D eigenvalue weighted by atomic mass is 10.2. The molecule has 0 saturated carbocycles. The van der Waals surface area contributed by atoms with Crippen molar-refractivity contribution in [3.05, 3.63) is 27.7 Å². The second kappa shape index (κ2) is 7.45.